The molecule has 0 saturated carbocycles. The van der Waals surface area contributed by atoms with E-state index in [2.05, 4.69) is 31.9 Å². The van der Waals surface area contributed by atoms with Crippen molar-refractivity contribution < 1.29 is 8.42 Å². The third-order valence-corrected chi connectivity index (χ3v) is 11.5. The van der Waals surface area contributed by atoms with Crippen LogP contribution in [-0.2, 0) is 9.84 Å². The third-order valence-electron chi connectivity index (χ3n) is 5.43. The average Bonchev–Trinajstić information content (AvgIpc) is 3.31. The Morgan fingerprint density at radius 3 is 1.42 bits per heavy atom. The van der Waals surface area contributed by atoms with E-state index in [4.69, 9.17) is 0 Å². The maximum atomic E-state index is 14.3. The smallest absolute Gasteiger partial charge is 0.210 e. The zero-order valence-corrected chi connectivity index (χ0v) is 21.3. The first kappa shape index (κ1) is 19.9. The largest absolute Gasteiger partial charge is 0.218 e. The van der Waals surface area contributed by atoms with Gasteiger partial charge in [-0.1, -0.05) is 36.4 Å². The second-order valence-corrected chi connectivity index (χ2v) is 12.9. The van der Waals surface area contributed by atoms with Crippen LogP contribution >= 0.6 is 54.5 Å². The fraction of sp³-hybridized carbons (Fsp3) is 0. The van der Waals surface area contributed by atoms with Gasteiger partial charge in [-0.15, -0.1) is 22.7 Å². The molecule has 7 heteroatoms. The van der Waals surface area contributed by atoms with Gasteiger partial charge >= 0.3 is 0 Å². The lowest BCUT2D eigenvalue weighted by atomic mass is 10.1. The predicted octanol–water partition coefficient (Wildman–Crippen LogP) is 8.78. The van der Waals surface area contributed by atoms with E-state index in [1.54, 1.807) is 22.7 Å². The predicted molar refractivity (Wildman–Crippen MR) is 140 cm³/mol. The summed E-state index contributed by atoms with van der Waals surface area (Å²) in [5, 5.41) is 3.47. The summed E-state index contributed by atoms with van der Waals surface area (Å²) in [6, 6.07) is 23.6. The highest BCUT2D eigenvalue weighted by Gasteiger charge is 2.30. The number of rotatable bonds is 2. The van der Waals surface area contributed by atoms with Gasteiger partial charge in [-0.2, -0.15) is 0 Å². The fourth-order valence-electron chi connectivity index (χ4n) is 4.15. The van der Waals surface area contributed by atoms with Crippen molar-refractivity contribution in [2.75, 3.05) is 0 Å². The minimum Gasteiger partial charge on any atom is -0.218 e. The van der Waals surface area contributed by atoms with Crippen LogP contribution in [0.2, 0.25) is 0 Å². The molecule has 0 aliphatic rings. The number of hydrogen-bond acceptors (Lipinski definition) is 4. The van der Waals surface area contributed by atoms with Crippen molar-refractivity contribution in [3.8, 4) is 0 Å². The summed E-state index contributed by atoms with van der Waals surface area (Å²) in [6.45, 7) is 0. The lowest BCUT2D eigenvalue weighted by Gasteiger charge is -2.12. The van der Waals surface area contributed by atoms with Gasteiger partial charge in [0.05, 0.1) is 9.79 Å². The maximum absolute atomic E-state index is 14.3. The molecular formula is C24H12Br2O2S3. The van der Waals surface area contributed by atoms with Crippen molar-refractivity contribution in [2.24, 2.45) is 0 Å². The molecule has 0 fully saturated rings. The summed E-state index contributed by atoms with van der Waals surface area (Å²) in [4.78, 5) is 0.650. The lowest BCUT2D eigenvalue weighted by molar-refractivity contribution is 0.597. The van der Waals surface area contributed by atoms with Crippen molar-refractivity contribution in [1.82, 2.24) is 0 Å². The number of halogens is 2. The highest BCUT2D eigenvalue weighted by atomic mass is 79.9. The molecule has 0 saturated heterocycles. The Bertz CT molecular complexity index is 1650. The van der Waals surface area contributed by atoms with Crippen LogP contribution in [0.4, 0.5) is 0 Å². The molecule has 2 heterocycles. The van der Waals surface area contributed by atoms with E-state index in [9.17, 15) is 8.42 Å². The Morgan fingerprint density at radius 1 is 0.548 bits per heavy atom. The number of fused-ring (bicyclic) bond motifs is 6. The van der Waals surface area contributed by atoms with Crippen molar-refractivity contribution in [3.63, 3.8) is 0 Å². The number of hydrogen-bond donors (Lipinski definition) is 0. The van der Waals surface area contributed by atoms with Crippen LogP contribution in [0.5, 0.6) is 0 Å². The van der Waals surface area contributed by atoms with Crippen LogP contribution in [0, 0.1) is 0 Å². The zero-order chi connectivity index (χ0) is 21.3. The van der Waals surface area contributed by atoms with E-state index >= 15 is 0 Å². The molecule has 152 valence electrons. The normalized spacial score (nSPS) is 12.5. The second-order valence-electron chi connectivity index (χ2n) is 7.20. The van der Waals surface area contributed by atoms with Gasteiger partial charge in [0.1, 0.15) is 0 Å². The topological polar surface area (TPSA) is 34.1 Å². The molecule has 2 nitrogen and oxygen atoms in total. The summed E-state index contributed by atoms with van der Waals surface area (Å²) in [7, 11) is -3.86. The standard InChI is InChI=1S/C24H12Br2O2S3/c25-15-9-11-19-21(13-5-1-3-7-17(13)29-19)23(15)31(27,28)24-16(26)10-12-20-22(24)14-6-2-4-8-18(14)30-20/h1-12H. The Morgan fingerprint density at radius 2 is 0.968 bits per heavy atom. The molecule has 0 aliphatic heterocycles. The van der Waals surface area contributed by atoms with Gasteiger partial charge in [-0.3, -0.25) is 0 Å². The minimum atomic E-state index is -3.86. The molecule has 0 spiro atoms. The fourth-order valence-corrected chi connectivity index (χ4v) is 10.3. The number of sulfone groups is 1. The molecular weight excluding hydrogens is 576 g/mol. The third kappa shape index (κ3) is 2.87. The van der Waals surface area contributed by atoms with Crippen LogP contribution in [0.25, 0.3) is 40.3 Å². The molecule has 0 unspecified atom stereocenters. The van der Waals surface area contributed by atoms with Gasteiger partial charge in [0.25, 0.3) is 0 Å². The van der Waals surface area contributed by atoms with Gasteiger partial charge in [-0.25, -0.2) is 8.42 Å². The Balaban J connectivity index is 1.81. The summed E-state index contributed by atoms with van der Waals surface area (Å²) >= 11 is 10.4. The number of benzene rings is 4. The van der Waals surface area contributed by atoms with E-state index < -0.39 is 9.84 Å². The van der Waals surface area contributed by atoms with Crippen LogP contribution in [0.3, 0.4) is 0 Å². The highest BCUT2D eigenvalue weighted by Crippen LogP contribution is 2.47. The molecule has 0 aliphatic carbocycles. The quantitative estimate of drug-likeness (QED) is 0.203. The molecule has 4 aromatic carbocycles. The van der Waals surface area contributed by atoms with E-state index in [1.807, 2.05) is 72.8 Å². The van der Waals surface area contributed by atoms with Crippen LogP contribution in [0.15, 0.2) is 91.5 Å². The minimum absolute atomic E-state index is 0.325. The van der Waals surface area contributed by atoms with Crippen molar-refractivity contribution in [1.29, 1.82) is 0 Å². The molecule has 0 N–H and O–H groups in total. The van der Waals surface area contributed by atoms with Gasteiger partial charge in [-0.05, 0) is 68.3 Å². The summed E-state index contributed by atoms with van der Waals surface area (Å²) in [5.74, 6) is 0. The molecule has 0 amide bonds. The monoisotopic (exact) mass is 586 g/mol. The first-order valence-electron chi connectivity index (χ1n) is 9.41. The first-order valence-corrected chi connectivity index (χ1v) is 14.1. The first-order chi connectivity index (χ1) is 15.0. The molecule has 6 aromatic rings. The molecule has 31 heavy (non-hydrogen) atoms. The van der Waals surface area contributed by atoms with Gasteiger partial charge in [0.2, 0.25) is 9.84 Å². The molecule has 6 rings (SSSR count). The molecule has 0 bridgehead atoms. The molecule has 0 radical (unpaired) electrons. The summed E-state index contributed by atoms with van der Waals surface area (Å²) in [5.41, 5.74) is 0. The van der Waals surface area contributed by atoms with Crippen molar-refractivity contribution in [2.45, 2.75) is 9.79 Å². The Labute approximate surface area is 203 Å². The maximum Gasteiger partial charge on any atom is 0.210 e. The summed E-state index contributed by atoms with van der Waals surface area (Å²) in [6.07, 6.45) is 0. The molecule has 0 atom stereocenters. The zero-order valence-electron chi connectivity index (χ0n) is 15.7. The van der Waals surface area contributed by atoms with Crippen LogP contribution in [0.1, 0.15) is 0 Å². The SMILES string of the molecule is O=S(=O)(c1c(Br)ccc2sc3ccccc3c12)c1c(Br)ccc2sc3ccccc3c12. The van der Waals surface area contributed by atoms with Crippen molar-refractivity contribution >= 4 is 105 Å². The summed E-state index contributed by atoms with van der Waals surface area (Å²) < 4.78 is 33.9. The Kier molecular flexibility index (Phi) is 4.56. The highest BCUT2D eigenvalue weighted by molar-refractivity contribution is 9.11. The average molecular weight is 588 g/mol. The van der Waals surface area contributed by atoms with E-state index in [0.717, 1.165) is 40.3 Å². The van der Waals surface area contributed by atoms with Gasteiger partial charge in [0.15, 0.2) is 0 Å². The Hall–Kier alpha value is -1.77. The van der Waals surface area contributed by atoms with E-state index in [-0.39, 0.29) is 0 Å². The van der Waals surface area contributed by atoms with E-state index in [1.165, 1.54) is 0 Å². The van der Waals surface area contributed by atoms with Gasteiger partial charge in [0, 0.05) is 49.3 Å². The second kappa shape index (κ2) is 7.12. The lowest BCUT2D eigenvalue weighted by Crippen LogP contribution is -2.05. The van der Waals surface area contributed by atoms with Crippen LogP contribution in [-0.4, -0.2) is 8.42 Å². The molecule has 2 aromatic heterocycles. The van der Waals surface area contributed by atoms with Crippen molar-refractivity contribution in [3.05, 3.63) is 81.7 Å². The van der Waals surface area contributed by atoms with E-state index in [0.29, 0.717) is 18.7 Å². The van der Waals surface area contributed by atoms with Crippen LogP contribution < -0.4 is 0 Å². The van der Waals surface area contributed by atoms with Gasteiger partial charge < -0.3 is 0 Å². The number of thiophene rings is 2.